The van der Waals surface area contributed by atoms with Crippen molar-refractivity contribution in [3.63, 3.8) is 0 Å². The Morgan fingerprint density at radius 2 is 1.86 bits per heavy atom. The molecule has 8 heteroatoms. The van der Waals surface area contributed by atoms with Crippen molar-refractivity contribution in [3.8, 4) is 0 Å². The van der Waals surface area contributed by atoms with Crippen LogP contribution in [0.15, 0.2) is 0 Å². The molecule has 0 aromatic heterocycles. The lowest BCUT2D eigenvalue weighted by molar-refractivity contribution is -0.244. The molecule has 0 bridgehead atoms. The van der Waals surface area contributed by atoms with Gasteiger partial charge in [0, 0.05) is 6.54 Å². The maximum atomic E-state index is 9.30. The quantitative estimate of drug-likeness (QED) is 0.332. The van der Waals surface area contributed by atoms with Crippen molar-refractivity contribution in [1.82, 2.24) is 0 Å². The molecular formula is C6H16ClNO6. The van der Waals surface area contributed by atoms with Gasteiger partial charge in [0.2, 0.25) is 5.79 Å². The second kappa shape index (κ2) is 5.79. The van der Waals surface area contributed by atoms with Crippen molar-refractivity contribution in [2.75, 3.05) is 13.2 Å². The van der Waals surface area contributed by atoms with E-state index in [0.29, 0.717) is 0 Å². The van der Waals surface area contributed by atoms with Crippen LogP contribution in [-0.4, -0.2) is 63.2 Å². The van der Waals surface area contributed by atoms with Crippen LogP contribution in [0.5, 0.6) is 0 Å². The highest BCUT2D eigenvalue weighted by atomic mass is 35.5. The standard InChI is InChI=1S/C6H13NO5.ClH.H2O/c7-1-3-4(9)5(10)6(11,2-8)12-3;;/h3-5,8-11H,1-2,7H2;1H;1H2/t3-,4+,5-,6?;;/m0../s1. The van der Waals surface area contributed by atoms with Crippen LogP contribution in [0.4, 0.5) is 0 Å². The first-order valence-corrected chi connectivity index (χ1v) is 3.62. The number of nitrogens with two attached hydrogens (primary N) is 1. The second-order valence-electron chi connectivity index (χ2n) is 2.83. The Bertz CT molecular complexity index is 172. The molecule has 0 radical (unpaired) electrons. The molecule has 0 saturated carbocycles. The Hall–Kier alpha value is 0.01000. The summed E-state index contributed by atoms with van der Waals surface area (Å²) in [5.41, 5.74) is 5.17. The van der Waals surface area contributed by atoms with E-state index in [2.05, 4.69) is 0 Å². The Morgan fingerprint density at radius 1 is 1.36 bits per heavy atom. The fourth-order valence-electron chi connectivity index (χ4n) is 1.19. The van der Waals surface area contributed by atoms with E-state index in [0.717, 1.165) is 0 Å². The third-order valence-electron chi connectivity index (χ3n) is 1.98. The third kappa shape index (κ3) is 2.53. The van der Waals surface area contributed by atoms with Crippen LogP contribution in [0, 0.1) is 0 Å². The summed E-state index contributed by atoms with van der Waals surface area (Å²) in [5, 5.41) is 36.3. The van der Waals surface area contributed by atoms with Gasteiger partial charge in [-0.05, 0) is 0 Å². The van der Waals surface area contributed by atoms with Crippen molar-refractivity contribution in [2.24, 2.45) is 5.73 Å². The van der Waals surface area contributed by atoms with E-state index in [1.54, 1.807) is 0 Å². The minimum atomic E-state index is -2.08. The van der Waals surface area contributed by atoms with Crippen LogP contribution < -0.4 is 5.73 Å². The average molecular weight is 234 g/mol. The molecule has 1 heterocycles. The van der Waals surface area contributed by atoms with E-state index >= 15 is 0 Å². The number of ether oxygens (including phenoxy) is 1. The topological polar surface area (TPSA) is 148 Å². The van der Waals surface area contributed by atoms with E-state index in [1.807, 2.05) is 0 Å². The van der Waals surface area contributed by atoms with Gasteiger partial charge in [0.25, 0.3) is 0 Å². The summed E-state index contributed by atoms with van der Waals surface area (Å²) in [6.45, 7) is -0.803. The number of hydrogen-bond acceptors (Lipinski definition) is 6. The largest absolute Gasteiger partial charge is 0.412 e. The molecule has 1 aliphatic rings. The zero-order valence-electron chi connectivity index (χ0n) is 7.33. The smallest absolute Gasteiger partial charge is 0.219 e. The highest BCUT2D eigenvalue weighted by Gasteiger charge is 2.52. The summed E-state index contributed by atoms with van der Waals surface area (Å²) in [4.78, 5) is 0. The highest BCUT2D eigenvalue weighted by Crippen LogP contribution is 2.27. The van der Waals surface area contributed by atoms with Gasteiger partial charge in [-0.1, -0.05) is 0 Å². The second-order valence-corrected chi connectivity index (χ2v) is 2.83. The molecule has 0 aromatic rings. The number of hydrogen-bond donors (Lipinski definition) is 5. The molecule has 0 amide bonds. The van der Waals surface area contributed by atoms with Crippen LogP contribution in [-0.2, 0) is 4.74 Å². The zero-order chi connectivity index (χ0) is 9.35. The van der Waals surface area contributed by atoms with Gasteiger partial charge in [0.05, 0.1) is 6.61 Å². The highest BCUT2D eigenvalue weighted by molar-refractivity contribution is 5.85. The zero-order valence-corrected chi connectivity index (χ0v) is 8.15. The Kier molecular flexibility index (Phi) is 6.79. The predicted octanol–water partition coefficient (Wildman–Crippen LogP) is -3.66. The minimum Gasteiger partial charge on any atom is -0.412 e. The Morgan fingerprint density at radius 3 is 2.07 bits per heavy atom. The molecule has 1 unspecified atom stereocenters. The summed E-state index contributed by atoms with van der Waals surface area (Å²) >= 11 is 0. The summed E-state index contributed by atoms with van der Waals surface area (Å²) in [7, 11) is 0. The lowest BCUT2D eigenvalue weighted by Gasteiger charge is -2.22. The first kappa shape index (κ1) is 16.4. The molecule has 1 saturated heterocycles. The van der Waals surface area contributed by atoms with E-state index in [-0.39, 0.29) is 24.4 Å². The van der Waals surface area contributed by atoms with Gasteiger partial charge in [0.15, 0.2) is 0 Å². The van der Waals surface area contributed by atoms with Gasteiger partial charge in [-0.15, -0.1) is 12.4 Å². The molecule has 4 atom stereocenters. The van der Waals surface area contributed by atoms with Crippen molar-refractivity contribution >= 4 is 12.4 Å². The molecule has 0 aliphatic carbocycles. The van der Waals surface area contributed by atoms with Gasteiger partial charge in [-0.25, -0.2) is 0 Å². The molecule has 7 nitrogen and oxygen atoms in total. The molecule has 1 rings (SSSR count). The maximum Gasteiger partial charge on any atom is 0.219 e. The Labute approximate surface area is 86.8 Å². The molecule has 8 N–H and O–H groups in total. The summed E-state index contributed by atoms with van der Waals surface area (Å²) < 4.78 is 4.75. The molecule has 88 valence electrons. The summed E-state index contributed by atoms with van der Waals surface area (Å²) in [6.07, 6.45) is -3.61. The SMILES string of the molecule is Cl.NC[C@@H]1OC(O)(CO)[C@@H](O)[C@@H]1O.O. The first-order valence-electron chi connectivity index (χ1n) is 3.62. The normalized spacial score (nSPS) is 41.4. The molecule has 1 fully saturated rings. The van der Waals surface area contributed by atoms with Crippen LogP contribution in [0.25, 0.3) is 0 Å². The van der Waals surface area contributed by atoms with E-state index in [4.69, 9.17) is 15.6 Å². The molecular weight excluding hydrogens is 218 g/mol. The maximum absolute atomic E-state index is 9.30. The number of halogens is 1. The van der Waals surface area contributed by atoms with Gasteiger partial charge >= 0.3 is 0 Å². The minimum absolute atomic E-state index is 0. The van der Waals surface area contributed by atoms with Crippen molar-refractivity contribution in [3.05, 3.63) is 0 Å². The number of rotatable bonds is 2. The van der Waals surface area contributed by atoms with Crippen LogP contribution >= 0.6 is 12.4 Å². The summed E-state index contributed by atoms with van der Waals surface area (Å²) in [6, 6.07) is 0. The first-order chi connectivity index (χ1) is 5.55. The molecule has 14 heavy (non-hydrogen) atoms. The predicted molar refractivity (Wildman–Crippen MR) is 48.8 cm³/mol. The number of aliphatic hydroxyl groups excluding tert-OH is 3. The third-order valence-corrected chi connectivity index (χ3v) is 1.98. The van der Waals surface area contributed by atoms with Crippen molar-refractivity contribution in [2.45, 2.75) is 24.1 Å². The lowest BCUT2D eigenvalue weighted by atomic mass is 10.1. The molecule has 0 spiro atoms. The van der Waals surface area contributed by atoms with Gasteiger partial charge in [-0.3, -0.25) is 0 Å². The Balaban J connectivity index is 0. The lowest BCUT2D eigenvalue weighted by Crippen LogP contribution is -2.46. The van der Waals surface area contributed by atoms with Gasteiger partial charge in [-0.2, -0.15) is 0 Å². The van der Waals surface area contributed by atoms with E-state index < -0.39 is 30.7 Å². The van der Waals surface area contributed by atoms with E-state index in [1.165, 1.54) is 0 Å². The van der Waals surface area contributed by atoms with Crippen molar-refractivity contribution in [1.29, 1.82) is 0 Å². The van der Waals surface area contributed by atoms with Crippen LogP contribution in [0.1, 0.15) is 0 Å². The monoisotopic (exact) mass is 233 g/mol. The molecule has 1 aliphatic heterocycles. The van der Waals surface area contributed by atoms with Gasteiger partial charge in [0.1, 0.15) is 18.3 Å². The summed E-state index contributed by atoms with van der Waals surface area (Å²) in [5.74, 6) is -2.08. The van der Waals surface area contributed by atoms with Gasteiger partial charge < -0.3 is 36.4 Å². The van der Waals surface area contributed by atoms with E-state index in [9.17, 15) is 15.3 Å². The molecule has 0 aromatic carbocycles. The fraction of sp³-hybridized carbons (Fsp3) is 1.00. The van der Waals surface area contributed by atoms with Crippen LogP contribution in [0.3, 0.4) is 0 Å². The van der Waals surface area contributed by atoms with Crippen molar-refractivity contribution < 1.29 is 30.6 Å². The number of aliphatic hydroxyl groups is 4. The fourth-order valence-corrected chi connectivity index (χ4v) is 1.19. The van der Waals surface area contributed by atoms with Crippen LogP contribution in [0.2, 0.25) is 0 Å². The average Bonchev–Trinajstić information content (AvgIpc) is 2.31.